The van der Waals surface area contributed by atoms with Crippen LogP contribution in [-0.4, -0.2) is 45.5 Å². The summed E-state index contributed by atoms with van der Waals surface area (Å²) in [5.74, 6) is 0.261. The first-order valence-corrected chi connectivity index (χ1v) is 12.7. The predicted molar refractivity (Wildman–Crippen MR) is 129 cm³/mol. The molecular formula is C28H36O7. The molecule has 7 heteroatoms. The summed E-state index contributed by atoms with van der Waals surface area (Å²) in [6.07, 6.45) is 6.43. The Kier molecular flexibility index (Phi) is 5.70. The molecule has 1 aromatic rings. The van der Waals surface area contributed by atoms with Crippen molar-refractivity contribution >= 4 is 5.78 Å². The number of aromatic hydroxyl groups is 1. The number of rotatable bonds is 5. The lowest BCUT2D eigenvalue weighted by atomic mass is 9.47. The number of hydrogen-bond donors (Lipinski definition) is 3. The van der Waals surface area contributed by atoms with Crippen molar-refractivity contribution in [1.29, 1.82) is 0 Å². The SMILES string of the molecule is CC1=CCC2C(C)(CO)CCCC2(C)C1CC12OC1C(=O)C(Cc1c(O)cc(C)oc1=O)=CC2O. The molecule has 0 bridgehead atoms. The number of hydrogen-bond acceptors (Lipinski definition) is 7. The van der Waals surface area contributed by atoms with E-state index in [2.05, 4.69) is 26.8 Å². The van der Waals surface area contributed by atoms with Gasteiger partial charge < -0.3 is 24.5 Å². The molecule has 3 N–H and O–H groups in total. The molecule has 7 atom stereocenters. The molecule has 35 heavy (non-hydrogen) atoms. The molecule has 2 fully saturated rings. The highest BCUT2D eigenvalue weighted by Crippen LogP contribution is 2.63. The van der Waals surface area contributed by atoms with Crippen molar-refractivity contribution in [2.75, 3.05) is 6.61 Å². The molecule has 0 amide bonds. The quantitative estimate of drug-likeness (QED) is 0.433. The summed E-state index contributed by atoms with van der Waals surface area (Å²) >= 11 is 0. The minimum absolute atomic E-state index is 0.00227. The average molecular weight is 485 g/mol. The Morgan fingerprint density at radius 2 is 1.91 bits per heavy atom. The van der Waals surface area contributed by atoms with Crippen molar-refractivity contribution in [2.24, 2.45) is 22.7 Å². The fourth-order valence-electron chi connectivity index (χ4n) is 7.52. The normalized spacial score (nSPS) is 40.5. The van der Waals surface area contributed by atoms with E-state index in [1.165, 1.54) is 17.7 Å². The Hall–Kier alpha value is -2.22. The average Bonchev–Trinajstić information content (AvgIpc) is 3.53. The summed E-state index contributed by atoms with van der Waals surface area (Å²) in [4.78, 5) is 25.5. The molecule has 3 aliphatic carbocycles. The van der Waals surface area contributed by atoms with Gasteiger partial charge in [0.25, 0.3) is 0 Å². The maximum Gasteiger partial charge on any atom is 0.343 e. The lowest BCUT2D eigenvalue weighted by Gasteiger charge is -2.57. The second-order valence-electron chi connectivity index (χ2n) is 11.8. The van der Waals surface area contributed by atoms with Gasteiger partial charge in [0.15, 0.2) is 11.9 Å². The number of fused-ring (bicyclic) bond motifs is 2. The van der Waals surface area contributed by atoms with Crippen LogP contribution >= 0.6 is 0 Å². The van der Waals surface area contributed by atoms with Crippen LogP contribution in [0.1, 0.15) is 64.2 Å². The van der Waals surface area contributed by atoms with Gasteiger partial charge in [0.05, 0.1) is 5.56 Å². The van der Waals surface area contributed by atoms with E-state index in [-0.39, 0.29) is 58.2 Å². The molecule has 0 aromatic carbocycles. The van der Waals surface area contributed by atoms with E-state index in [0.29, 0.717) is 12.3 Å². The molecule has 1 saturated carbocycles. The second kappa shape index (κ2) is 8.15. The molecule has 0 spiro atoms. The van der Waals surface area contributed by atoms with Crippen molar-refractivity contribution in [2.45, 2.75) is 84.0 Å². The van der Waals surface area contributed by atoms with E-state index in [1.54, 1.807) is 6.92 Å². The van der Waals surface area contributed by atoms with E-state index >= 15 is 0 Å². The van der Waals surface area contributed by atoms with Crippen LogP contribution in [0.3, 0.4) is 0 Å². The number of aliphatic hydroxyl groups is 2. The molecule has 5 rings (SSSR count). The van der Waals surface area contributed by atoms with Crippen molar-refractivity contribution in [3.63, 3.8) is 0 Å². The summed E-state index contributed by atoms with van der Waals surface area (Å²) in [7, 11) is 0. The number of ether oxygens (including phenoxy) is 1. The molecule has 1 saturated heterocycles. The first-order chi connectivity index (χ1) is 16.4. The molecule has 7 unspecified atom stereocenters. The molecular weight excluding hydrogens is 448 g/mol. The van der Waals surface area contributed by atoms with Gasteiger partial charge in [-0.25, -0.2) is 4.79 Å². The highest BCUT2D eigenvalue weighted by Gasteiger charge is 2.69. The van der Waals surface area contributed by atoms with Crippen LogP contribution in [0.5, 0.6) is 5.75 Å². The zero-order valence-electron chi connectivity index (χ0n) is 21.0. The Bertz CT molecular complexity index is 1180. The molecule has 0 radical (unpaired) electrons. The van der Waals surface area contributed by atoms with Gasteiger partial charge >= 0.3 is 5.63 Å². The van der Waals surface area contributed by atoms with Gasteiger partial charge in [-0.2, -0.15) is 0 Å². The van der Waals surface area contributed by atoms with Crippen LogP contribution in [0.15, 0.2) is 38.6 Å². The Morgan fingerprint density at radius 1 is 1.17 bits per heavy atom. The minimum Gasteiger partial charge on any atom is -0.507 e. The van der Waals surface area contributed by atoms with Gasteiger partial charge in [-0.05, 0) is 68.3 Å². The highest BCUT2D eigenvalue weighted by atomic mass is 16.6. The van der Waals surface area contributed by atoms with Gasteiger partial charge in [0.2, 0.25) is 0 Å². The number of epoxide rings is 1. The number of carbonyl (C=O) groups is 1. The van der Waals surface area contributed by atoms with Gasteiger partial charge in [0.1, 0.15) is 23.2 Å². The van der Waals surface area contributed by atoms with Crippen LogP contribution in [-0.2, 0) is 16.0 Å². The third-order valence-corrected chi connectivity index (χ3v) is 9.66. The number of ketones is 1. The van der Waals surface area contributed by atoms with Gasteiger partial charge in [-0.3, -0.25) is 4.79 Å². The summed E-state index contributed by atoms with van der Waals surface area (Å²) in [5, 5.41) is 31.6. The van der Waals surface area contributed by atoms with Crippen LogP contribution in [0.25, 0.3) is 0 Å². The molecule has 1 aromatic heterocycles. The summed E-state index contributed by atoms with van der Waals surface area (Å²) in [5.41, 5.74) is -0.348. The molecule has 4 aliphatic rings. The number of carbonyl (C=O) groups excluding carboxylic acids is 1. The zero-order chi connectivity index (χ0) is 25.3. The third kappa shape index (κ3) is 3.66. The number of allylic oxidation sites excluding steroid dienone is 2. The topological polar surface area (TPSA) is 121 Å². The van der Waals surface area contributed by atoms with E-state index in [0.717, 1.165) is 25.7 Å². The summed E-state index contributed by atoms with van der Waals surface area (Å²) in [6, 6.07) is 1.35. The Labute approximate surface area is 205 Å². The van der Waals surface area contributed by atoms with Gasteiger partial charge in [-0.15, -0.1) is 0 Å². The van der Waals surface area contributed by atoms with E-state index in [1.807, 2.05) is 0 Å². The highest BCUT2D eigenvalue weighted by molar-refractivity contribution is 6.03. The maximum absolute atomic E-state index is 13.3. The first kappa shape index (κ1) is 24.5. The van der Waals surface area contributed by atoms with Crippen molar-refractivity contribution in [3.8, 4) is 5.75 Å². The van der Waals surface area contributed by atoms with Gasteiger partial charge in [-0.1, -0.05) is 31.9 Å². The number of aryl methyl sites for hydroxylation is 1. The van der Waals surface area contributed by atoms with Crippen molar-refractivity contribution in [1.82, 2.24) is 0 Å². The number of aliphatic hydroxyl groups excluding tert-OH is 2. The lowest BCUT2D eigenvalue weighted by molar-refractivity contribution is -0.117. The fraction of sp³-hybridized carbons (Fsp3) is 0.643. The van der Waals surface area contributed by atoms with Crippen LogP contribution < -0.4 is 5.63 Å². The van der Waals surface area contributed by atoms with Crippen LogP contribution in [0.2, 0.25) is 0 Å². The van der Waals surface area contributed by atoms with E-state index < -0.39 is 23.4 Å². The van der Waals surface area contributed by atoms with Crippen LogP contribution in [0, 0.1) is 29.6 Å². The predicted octanol–water partition coefficient (Wildman–Crippen LogP) is 3.37. The summed E-state index contributed by atoms with van der Waals surface area (Å²) in [6.45, 7) is 8.33. The monoisotopic (exact) mass is 484 g/mol. The van der Waals surface area contributed by atoms with E-state index in [4.69, 9.17) is 9.15 Å². The molecule has 7 nitrogen and oxygen atoms in total. The standard InChI is InChI=1S/C28H36O7/c1-15-6-7-21-26(3,14-29)8-5-9-27(21,4)19(15)13-28-22(31)12-17(23(32)24(28)35-28)11-18-20(30)10-16(2)34-25(18)33/h6,10,12,19,21-22,24,29-31H,5,7-9,11,13-14H2,1-4H3. The Morgan fingerprint density at radius 3 is 2.60 bits per heavy atom. The largest absolute Gasteiger partial charge is 0.507 e. The lowest BCUT2D eigenvalue weighted by Crippen LogP contribution is -2.53. The molecule has 190 valence electrons. The van der Waals surface area contributed by atoms with E-state index in [9.17, 15) is 24.9 Å². The van der Waals surface area contributed by atoms with Crippen molar-refractivity contribution in [3.05, 3.63) is 51.1 Å². The fourth-order valence-corrected chi connectivity index (χ4v) is 7.52. The number of Topliss-reactive ketones (excluding diaryl/α,β-unsaturated/α-hetero) is 1. The summed E-state index contributed by atoms with van der Waals surface area (Å²) < 4.78 is 11.1. The van der Waals surface area contributed by atoms with Gasteiger partial charge in [0, 0.05) is 24.7 Å². The second-order valence-corrected chi connectivity index (χ2v) is 11.8. The molecule has 1 aliphatic heterocycles. The third-order valence-electron chi connectivity index (χ3n) is 9.66. The minimum atomic E-state index is -0.996. The smallest absolute Gasteiger partial charge is 0.343 e. The first-order valence-electron chi connectivity index (χ1n) is 12.7. The maximum atomic E-state index is 13.3. The zero-order valence-corrected chi connectivity index (χ0v) is 21.0. The van der Waals surface area contributed by atoms with Crippen LogP contribution in [0.4, 0.5) is 0 Å². The van der Waals surface area contributed by atoms with Crippen molar-refractivity contribution < 1.29 is 29.3 Å². The molecule has 2 heterocycles. The Balaban J connectivity index is 1.42.